The minimum absolute atomic E-state index is 0.0952. The second kappa shape index (κ2) is 6.09. The molecule has 0 radical (unpaired) electrons. The molecule has 116 valence electrons. The van der Waals surface area contributed by atoms with Crippen molar-refractivity contribution in [3.63, 3.8) is 0 Å². The van der Waals surface area contributed by atoms with Crippen LogP contribution in [0.15, 0.2) is 36.2 Å². The second-order valence-corrected chi connectivity index (χ2v) is 5.79. The number of aromatic nitrogens is 2. The van der Waals surface area contributed by atoms with Gasteiger partial charge in [0, 0.05) is 35.5 Å². The summed E-state index contributed by atoms with van der Waals surface area (Å²) in [6, 6.07) is 7.98. The van der Waals surface area contributed by atoms with Crippen LogP contribution in [0.4, 0.5) is 5.69 Å². The largest absolute Gasteiger partial charge is 0.346 e. The quantitative estimate of drug-likeness (QED) is 0.695. The highest BCUT2D eigenvalue weighted by Gasteiger charge is 2.26. The lowest BCUT2D eigenvalue weighted by Crippen LogP contribution is -2.13. The number of aryl methyl sites for hydroxylation is 1. The van der Waals surface area contributed by atoms with Gasteiger partial charge in [-0.3, -0.25) is 9.78 Å². The molecule has 2 aromatic heterocycles. The number of nitriles is 1. The highest BCUT2D eigenvalue weighted by Crippen LogP contribution is 2.38. The topological polar surface area (TPSA) is 70.7 Å². The van der Waals surface area contributed by atoms with Crippen LogP contribution >= 0.6 is 0 Å². The maximum absolute atomic E-state index is 12.3. The van der Waals surface area contributed by atoms with Crippen molar-refractivity contribution in [1.82, 2.24) is 9.55 Å². The van der Waals surface area contributed by atoms with Crippen LogP contribution in [-0.4, -0.2) is 15.5 Å². The van der Waals surface area contributed by atoms with Gasteiger partial charge in [-0.15, -0.1) is 0 Å². The maximum atomic E-state index is 12.3. The third kappa shape index (κ3) is 3.16. The lowest BCUT2D eigenvalue weighted by molar-refractivity contribution is -0.112. The van der Waals surface area contributed by atoms with E-state index in [1.54, 1.807) is 30.6 Å². The molecule has 3 rings (SSSR count). The van der Waals surface area contributed by atoms with E-state index in [9.17, 15) is 10.1 Å². The molecule has 23 heavy (non-hydrogen) atoms. The lowest BCUT2D eigenvalue weighted by Gasteiger charge is -2.07. The first kappa shape index (κ1) is 15.0. The van der Waals surface area contributed by atoms with Gasteiger partial charge in [-0.05, 0) is 56.5 Å². The number of rotatable bonds is 4. The summed E-state index contributed by atoms with van der Waals surface area (Å²) in [6.45, 7) is 4.10. The zero-order chi connectivity index (χ0) is 16.4. The second-order valence-electron chi connectivity index (χ2n) is 5.79. The van der Waals surface area contributed by atoms with Crippen LogP contribution in [0.2, 0.25) is 0 Å². The van der Waals surface area contributed by atoms with E-state index in [4.69, 9.17) is 0 Å². The molecule has 0 atom stereocenters. The predicted octanol–water partition coefficient (Wildman–Crippen LogP) is 3.38. The Labute approximate surface area is 135 Å². The average molecular weight is 306 g/mol. The first-order valence-corrected chi connectivity index (χ1v) is 7.61. The van der Waals surface area contributed by atoms with Gasteiger partial charge in [-0.25, -0.2) is 0 Å². The molecule has 0 unspecified atom stereocenters. The van der Waals surface area contributed by atoms with Gasteiger partial charge in [0.25, 0.3) is 5.91 Å². The molecule has 5 heteroatoms. The van der Waals surface area contributed by atoms with Gasteiger partial charge in [-0.1, -0.05) is 0 Å². The number of nitrogens with zero attached hydrogens (tertiary/aromatic N) is 3. The Morgan fingerprint density at radius 2 is 2.09 bits per heavy atom. The van der Waals surface area contributed by atoms with Crippen LogP contribution in [0.25, 0.3) is 6.08 Å². The number of pyridine rings is 1. The average Bonchev–Trinajstić information content (AvgIpc) is 3.32. The Morgan fingerprint density at radius 3 is 2.70 bits per heavy atom. The number of anilines is 1. The van der Waals surface area contributed by atoms with E-state index in [0.717, 1.165) is 11.3 Å². The summed E-state index contributed by atoms with van der Waals surface area (Å²) < 4.78 is 2.29. The minimum atomic E-state index is -0.407. The minimum Gasteiger partial charge on any atom is -0.346 e. The van der Waals surface area contributed by atoms with Crippen molar-refractivity contribution in [2.75, 3.05) is 5.32 Å². The predicted molar refractivity (Wildman–Crippen MR) is 88.6 cm³/mol. The highest BCUT2D eigenvalue weighted by atomic mass is 16.1. The molecule has 0 aromatic carbocycles. The van der Waals surface area contributed by atoms with Gasteiger partial charge in [-0.2, -0.15) is 5.26 Å². The fraction of sp³-hybridized carbons (Fsp3) is 0.278. The summed E-state index contributed by atoms with van der Waals surface area (Å²) in [7, 11) is 0. The molecular weight excluding hydrogens is 288 g/mol. The fourth-order valence-corrected chi connectivity index (χ4v) is 2.78. The van der Waals surface area contributed by atoms with Gasteiger partial charge in [0.1, 0.15) is 11.6 Å². The van der Waals surface area contributed by atoms with Crippen LogP contribution in [0.5, 0.6) is 0 Å². The Balaban J connectivity index is 1.86. The van der Waals surface area contributed by atoms with Gasteiger partial charge < -0.3 is 9.88 Å². The Hall–Kier alpha value is -2.87. The van der Waals surface area contributed by atoms with Crippen molar-refractivity contribution < 1.29 is 4.79 Å². The van der Waals surface area contributed by atoms with Crippen LogP contribution in [-0.2, 0) is 4.79 Å². The van der Waals surface area contributed by atoms with E-state index in [1.807, 2.05) is 19.1 Å². The zero-order valence-corrected chi connectivity index (χ0v) is 13.2. The van der Waals surface area contributed by atoms with E-state index < -0.39 is 5.91 Å². The molecule has 2 heterocycles. The van der Waals surface area contributed by atoms with Gasteiger partial charge in [0.05, 0.1) is 0 Å². The smallest absolute Gasteiger partial charge is 0.266 e. The third-order valence-electron chi connectivity index (χ3n) is 4.04. The van der Waals surface area contributed by atoms with E-state index in [-0.39, 0.29) is 5.57 Å². The van der Waals surface area contributed by atoms with Crippen LogP contribution in [0.3, 0.4) is 0 Å². The van der Waals surface area contributed by atoms with Crippen molar-refractivity contribution >= 4 is 17.7 Å². The first-order chi connectivity index (χ1) is 11.1. The number of carbonyl (C=O) groups is 1. The Kier molecular flexibility index (Phi) is 3.98. The van der Waals surface area contributed by atoms with Crippen molar-refractivity contribution in [2.45, 2.75) is 32.7 Å². The summed E-state index contributed by atoms with van der Waals surface area (Å²) in [5.41, 5.74) is 3.92. The van der Waals surface area contributed by atoms with Gasteiger partial charge >= 0.3 is 0 Å². The summed E-state index contributed by atoms with van der Waals surface area (Å²) in [5, 5.41) is 12.0. The monoisotopic (exact) mass is 306 g/mol. The normalized spacial score (nSPS) is 14.4. The molecule has 1 fully saturated rings. The van der Waals surface area contributed by atoms with E-state index >= 15 is 0 Å². The molecule has 0 spiro atoms. The zero-order valence-electron chi connectivity index (χ0n) is 13.2. The maximum Gasteiger partial charge on any atom is 0.266 e. The molecule has 1 N–H and O–H groups in total. The number of hydrogen-bond donors (Lipinski definition) is 1. The SMILES string of the molecule is Cc1cc(/C=C(/C#N)C(=O)Nc2ccncc2)c(C)n1C1CC1. The summed E-state index contributed by atoms with van der Waals surface area (Å²) in [6.07, 6.45) is 7.25. The molecule has 5 nitrogen and oxygen atoms in total. The summed E-state index contributed by atoms with van der Waals surface area (Å²) in [4.78, 5) is 16.2. The van der Waals surface area contributed by atoms with E-state index in [0.29, 0.717) is 11.7 Å². The number of carbonyl (C=O) groups excluding carboxylic acids is 1. The molecule has 2 aromatic rings. The van der Waals surface area contributed by atoms with Crippen molar-refractivity contribution in [3.8, 4) is 6.07 Å². The summed E-state index contributed by atoms with van der Waals surface area (Å²) in [5.74, 6) is -0.407. The lowest BCUT2D eigenvalue weighted by atomic mass is 10.1. The molecule has 1 aliphatic carbocycles. The van der Waals surface area contributed by atoms with E-state index in [2.05, 4.69) is 21.8 Å². The first-order valence-electron chi connectivity index (χ1n) is 7.61. The molecule has 1 aliphatic rings. The third-order valence-corrected chi connectivity index (χ3v) is 4.04. The van der Waals surface area contributed by atoms with Crippen LogP contribution in [0.1, 0.15) is 35.8 Å². The molecule has 1 amide bonds. The van der Waals surface area contributed by atoms with Crippen molar-refractivity contribution in [2.24, 2.45) is 0 Å². The van der Waals surface area contributed by atoms with Crippen LogP contribution in [0, 0.1) is 25.2 Å². The Bertz CT molecular complexity index is 808. The summed E-state index contributed by atoms with van der Waals surface area (Å²) >= 11 is 0. The fourth-order valence-electron chi connectivity index (χ4n) is 2.78. The van der Waals surface area contributed by atoms with Gasteiger partial charge in [0.2, 0.25) is 0 Å². The highest BCUT2D eigenvalue weighted by molar-refractivity contribution is 6.09. The van der Waals surface area contributed by atoms with Crippen molar-refractivity contribution in [3.05, 3.63) is 53.1 Å². The Morgan fingerprint density at radius 1 is 1.39 bits per heavy atom. The van der Waals surface area contributed by atoms with Crippen molar-refractivity contribution in [1.29, 1.82) is 5.26 Å². The molecule has 0 bridgehead atoms. The number of hydrogen-bond acceptors (Lipinski definition) is 3. The molecule has 0 saturated heterocycles. The number of nitrogens with one attached hydrogen (secondary N) is 1. The molecular formula is C18H18N4O. The van der Waals surface area contributed by atoms with E-state index in [1.165, 1.54) is 18.5 Å². The molecule has 0 aliphatic heterocycles. The van der Waals surface area contributed by atoms with Crippen LogP contribution < -0.4 is 5.32 Å². The standard InChI is InChI=1S/C18H18N4O/c1-12-9-14(13(2)22(12)17-3-4-17)10-15(11-19)18(23)21-16-5-7-20-8-6-16/h5-10,17H,3-4H2,1-2H3,(H,20,21,23)/b15-10-. The molecule has 1 saturated carbocycles. The number of amides is 1. The van der Waals surface area contributed by atoms with Gasteiger partial charge in [0.15, 0.2) is 0 Å².